The van der Waals surface area contributed by atoms with Crippen LogP contribution < -0.4 is 5.32 Å². The van der Waals surface area contributed by atoms with E-state index in [0.29, 0.717) is 12.1 Å². The van der Waals surface area contributed by atoms with Crippen LogP contribution in [0.2, 0.25) is 0 Å². The molecule has 0 saturated carbocycles. The molecule has 2 heterocycles. The van der Waals surface area contributed by atoms with Gasteiger partial charge in [-0.25, -0.2) is 0 Å². The van der Waals surface area contributed by atoms with Gasteiger partial charge in [-0.05, 0) is 53.6 Å². The average molecular weight is 240 g/mol. The molecule has 0 aromatic rings. The van der Waals surface area contributed by atoms with Crippen molar-refractivity contribution in [2.24, 2.45) is 0 Å². The van der Waals surface area contributed by atoms with Gasteiger partial charge in [0.25, 0.3) is 0 Å². The van der Waals surface area contributed by atoms with Gasteiger partial charge in [-0.1, -0.05) is 0 Å². The maximum Gasteiger partial charge on any atom is 0.0351 e. The highest BCUT2D eigenvalue weighted by molar-refractivity contribution is 4.89. The molecule has 2 rings (SSSR count). The number of hydrogen-bond acceptors (Lipinski definition) is 4. The molecule has 0 spiro atoms. The Morgan fingerprint density at radius 2 is 1.76 bits per heavy atom. The van der Waals surface area contributed by atoms with E-state index in [4.69, 9.17) is 0 Å². The lowest BCUT2D eigenvalue weighted by atomic mass is 10.0. The van der Waals surface area contributed by atoms with E-state index in [2.05, 4.69) is 41.2 Å². The fourth-order valence-corrected chi connectivity index (χ4v) is 3.07. The molecule has 0 aromatic carbocycles. The van der Waals surface area contributed by atoms with E-state index in [1.807, 2.05) is 0 Å². The van der Waals surface area contributed by atoms with Crippen LogP contribution in [0.15, 0.2) is 0 Å². The van der Waals surface area contributed by atoms with E-state index in [-0.39, 0.29) is 0 Å². The van der Waals surface area contributed by atoms with E-state index in [1.165, 1.54) is 52.1 Å². The molecule has 2 unspecified atom stereocenters. The number of likely N-dealkylation sites (N-methyl/N-ethyl adjacent to an activating group) is 3. The minimum absolute atomic E-state index is 0.638. The van der Waals surface area contributed by atoms with Crippen molar-refractivity contribution in [2.45, 2.75) is 24.9 Å². The van der Waals surface area contributed by atoms with Crippen LogP contribution in [-0.4, -0.2) is 87.2 Å². The van der Waals surface area contributed by atoms with Crippen molar-refractivity contribution in [1.29, 1.82) is 0 Å². The molecular weight excluding hydrogens is 212 g/mol. The highest BCUT2D eigenvalue weighted by atomic mass is 15.2. The summed E-state index contributed by atoms with van der Waals surface area (Å²) in [4.78, 5) is 7.49. The zero-order valence-corrected chi connectivity index (χ0v) is 11.7. The predicted octanol–water partition coefficient (Wildman–Crippen LogP) is -0.0840. The van der Waals surface area contributed by atoms with Gasteiger partial charge < -0.3 is 20.0 Å². The van der Waals surface area contributed by atoms with E-state index in [9.17, 15) is 0 Å². The van der Waals surface area contributed by atoms with Crippen LogP contribution in [0.5, 0.6) is 0 Å². The van der Waals surface area contributed by atoms with Gasteiger partial charge in [0.15, 0.2) is 0 Å². The van der Waals surface area contributed by atoms with Crippen molar-refractivity contribution in [3.05, 3.63) is 0 Å². The van der Waals surface area contributed by atoms with E-state index in [0.717, 1.165) is 0 Å². The summed E-state index contributed by atoms with van der Waals surface area (Å²) in [5.74, 6) is 0. The van der Waals surface area contributed by atoms with Gasteiger partial charge >= 0.3 is 0 Å². The van der Waals surface area contributed by atoms with Gasteiger partial charge in [0, 0.05) is 31.7 Å². The Labute approximate surface area is 106 Å². The van der Waals surface area contributed by atoms with Gasteiger partial charge in [-0.15, -0.1) is 0 Å². The molecule has 4 nitrogen and oxygen atoms in total. The molecule has 2 aliphatic rings. The highest BCUT2D eigenvalue weighted by Crippen LogP contribution is 2.14. The van der Waals surface area contributed by atoms with Crippen LogP contribution in [0.1, 0.15) is 12.8 Å². The number of hydrogen-bond donors (Lipinski definition) is 1. The number of nitrogens with zero attached hydrogens (tertiary/aromatic N) is 3. The lowest BCUT2D eigenvalue weighted by molar-refractivity contribution is 0.179. The molecule has 2 saturated heterocycles. The second kappa shape index (κ2) is 6.14. The summed E-state index contributed by atoms with van der Waals surface area (Å²) in [5, 5.41) is 3.75. The summed E-state index contributed by atoms with van der Waals surface area (Å²) in [6, 6.07) is 1.33. The highest BCUT2D eigenvalue weighted by Gasteiger charge is 2.29. The summed E-state index contributed by atoms with van der Waals surface area (Å²) in [5.41, 5.74) is 0. The third-order valence-electron chi connectivity index (χ3n) is 4.30. The maximum absolute atomic E-state index is 3.75. The smallest absolute Gasteiger partial charge is 0.0351 e. The Morgan fingerprint density at radius 1 is 0.941 bits per heavy atom. The standard InChI is InChI=1S/C13H28N4/c1-15-8-5-13(17(3)10-9-15)12-11-16(2)7-4-6-14-12/h12-14H,4-11H2,1-3H3. The van der Waals surface area contributed by atoms with Gasteiger partial charge in [0.1, 0.15) is 0 Å². The first-order valence-electron chi connectivity index (χ1n) is 6.97. The monoisotopic (exact) mass is 240 g/mol. The third kappa shape index (κ3) is 3.65. The van der Waals surface area contributed by atoms with Crippen molar-refractivity contribution in [3.8, 4) is 0 Å². The molecule has 0 bridgehead atoms. The molecule has 0 radical (unpaired) electrons. The molecule has 0 aromatic heterocycles. The average Bonchev–Trinajstić information content (AvgIpc) is 2.59. The Kier molecular flexibility index (Phi) is 4.79. The Balaban J connectivity index is 1.97. The Hall–Kier alpha value is -0.160. The minimum Gasteiger partial charge on any atom is -0.311 e. The SMILES string of the molecule is CN1CCC(C2CN(C)CCCN2)N(C)CC1. The summed E-state index contributed by atoms with van der Waals surface area (Å²) >= 11 is 0. The largest absolute Gasteiger partial charge is 0.311 e. The van der Waals surface area contributed by atoms with Gasteiger partial charge in [0.2, 0.25) is 0 Å². The van der Waals surface area contributed by atoms with Crippen molar-refractivity contribution in [2.75, 3.05) is 60.4 Å². The lowest BCUT2D eigenvalue weighted by Gasteiger charge is -2.34. The van der Waals surface area contributed by atoms with E-state index in [1.54, 1.807) is 0 Å². The van der Waals surface area contributed by atoms with Crippen LogP contribution in [0, 0.1) is 0 Å². The van der Waals surface area contributed by atoms with Crippen LogP contribution in [0.4, 0.5) is 0 Å². The molecule has 0 amide bonds. The van der Waals surface area contributed by atoms with Crippen molar-refractivity contribution in [3.63, 3.8) is 0 Å². The molecule has 2 fully saturated rings. The van der Waals surface area contributed by atoms with E-state index >= 15 is 0 Å². The van der Waals surface area contributed by atoms with Gasteiger partial charge in [-0.3, -0.25) is 0 Å². The number of rotatable bonds is 1. The Morgan fingerprint density at radius 3 is 2.59 bits per heavy atom. The van der Waals surface area contributed by atoms with Gasteiger partial charge in [-0.2, -0.15) is 0 Å². The quantitative estimate of drug-likeness (QED) is 0.692. The molecular formula is C13H28N4. The summed E-state index contributed by atoms with van der Waals surface area (Å²) in [7, 11) is 6.78. The molecule has 0 aliphatic carbocycles. The predicted molar refractivity (Wildman–Crippen MR) is 72.4 cm³/mol. The lowest BCUT2D eigenvalue weighted by Crippen LogP contribution is -2.52. The molecule has 1 N–H and O–H groups in total. The molecule has 17 heavy (non-hydrogen) atoms. The zero-order chi connectivity index (χ0) is 12.3. The van der Waals surface area contributed by atoms with Crippen molar-refractivity contribution in [1.82, 2.24) is 20.0 Å². The zero-order valence-electron chi connectivity index (χ0n) is 11.7. The summed E-state index contributed by atoms with van der Waals surface area (Å²) in [6.45, 7) is 7.24. The van der Waals surface area contributed by atoms with Crippen LogP contribution in [0.3, 0.4) is 0 Å². The van der Waals surface area contributed by atoms with Crippen molar-refractivity contribution < 1.29 is 0 Å². The second-order valence-electron chi connectivity index (χ2n) is 5.82. The normalized spacial score (nSPS) is 35.5. The summed E-state index contributed by atoms with van der Waals surface area (Å²) < 4.78 is 0. The fourth-order valence-electron chi connectivity index (χ4n) is 3.07. The van der Waals surface area contributed by atoms with Crippen molar-refractivity contribution >= 4 is 0 Å². The maximum atomic E-state index is 3.75. The first kappa shape index (κ1) is 13.3. The first-order chi connectivity index (χ1) is 8.16. The molecule has 2 atom stereocenters. The second-order valence-corrected chi connectivity index (χ2v) is 5.82. The van der Waals surface area contributed by atoms with Crippen LogP contribution in [0.25, 0.3) is 0 Å². The molecule has 4 heteroatoms. The Bertz CT molecular complexity index is 233. The third-order valence-corrected chi connectivity index (χ3v) is 4.30. The van der Waals surface area contributed by atoms with Crippen LogP contribution >= 0.6 is 0 Å². The minimum atomic E-state index is 0.638. The number of nitrogens with one attached hydrogen (secondary N) is 1. The molecule has 100 valence electrons. The van der Waals surface area contributed by atoms with Crippen LogP contribution in [-0.2, 0) is 0 Å². The molecule has 2 aliphatic heterocycles. The fraction of sp³-hybridized carbons (Fsp3) is 1.00. The van der Waals surface area contributed by atoms with Gasteiger partial charge in [0.05, 0.1) is 0 Å². The topological polar surface area (TPSA) is 21.8 Å². The first-order valence-corrected chi connectivity index (χ1v) is 6.97. The van der Waals surface area contributed by atoms with E-state index < -0.39 is 0 Å². The summed E-state index contributed by atoms with van der Waals surface area (Å²) in [6.07, 6.45) is 2.57.